The summed E-state index contributed by atoms with van der Waals surface area (Å²) in [5, 5.41) is 0.604. The number of ether oxygens (including phenoxy) is 3. The molecule has 0 radical (unpaired) electrons. The smallest absolute Gasteiger partial charge is 0.338 e. The summed E-state index contributed by atoms with van der Waals surface area (Å²) in [7, 11) is 3.08. The Morgan fingerprint density at radius 3 is 2.65 bits per heavy atom. The molecule has 4 aromatic rings. The van der Waals surface area contributed by atoms with Crippen LogP contribution in [0, 0.1) is 6.92 Å². The van der Waals surface area contributed by atoms with E-state index in [2.05, 4.69) is 4.99 Å². The Kier molecular flexibility index (Phi) is 7.69. The summed E-state index contributed by atoms with van der Waals surface area (Å²) in [5.41, 5.74) is 2.84. The molecule has 2 aromatic heterocycles. The van der Waals surface area contributed by atoms with Crippen LogP contribution in [0.5, 0.6) is 11.5 Å². The number of aromatic nitrogens is 1. The van der Waals surface area contributed by atoms with E-state index in [1.807, 2.05) is 31.2 Å². The van der Waals surface area contributed by atoms with E-state index in [-0.39, 0.29) is 17.7 Å². The number of carbonyl (C=O) groups excluding carboxylic acids is 1. The fraction of sp³-hybridized carbons (Fsp3) is 0.233. The van der Waals surface area contributed by atoms with Crippen molar-refractivity contribution in [2.75, 3.05) is 20.8 Å². The third-order valence-electron chi connectivity index (χ3n) is 6.61. The van der Waals surface area contributed by atoms with Gasteiger partial charge in [-0.25, -0.2) is 9.79 Å². The van der Waals surface area contributed by atoms with Gasteiger partial charge in [0.25, 0.3) is 5.56 Å². The number of carbonyl (C=O) groups is 1. The summed E-state index contributed by atoms with van der Waals surface area (Å²) >= 11 is 7.41. The van der Waals surface area contributed by atoms with Crippen molar-refractivity contribution in [3.8, 4) is 22.8 Å². The van der Waals surface area contributed by atoms with Crippen LogP contribution in [-0.2, 0) is 9.53 Å². The first kappa shape index (κ1) is 27.5. The van der Waals surface area contributed by atoms with Crippen molar-refractivity contribution in [3.05, 3.63) is 101 Å². The van der Waals surface area contributed by atoms with Crippen LogP contribution in [0.25, 0.3) is 17.4 Å². The fourth-order valence-electron chi connectivity index (χ4n) is 4.70. The summed E-state index contributed by atoms with van der Waals surface area (Å²) in [6.45, 7) is 5.61. The number of methoxy groups -OCH3 is 2. The lowest BCUT2D eigenvalue weighted by Gasteiger charge is -2.26. The fourth-order valence-corrected chi connectivity index (χ4v) is 5.90. The van der Waals surface area contributed by atoms with Crippen molar-refractivity contribution in [1.29, 1.82) is 0 Å². The van der Waals surface area contributed by atoms with Crippen LogP contribution in [0.2, 0.25) is 5.02 Å². The number of hydrogen-bond donors (Lipinski definition) is 0. The zero-order valence-electron chi connectivity index (χ0n) is 22.6. The molecule has 2 aromatic carbocycles. The van der Waals surface area contributed by atoms with Crippen molar-refractivity contribution in [3.63, 3.8) is 0 Å². The SMILES string of the molecule is CCOC(=O)C1=C(C)N=c2sc(=Cc3ccc(-c4cc(Cl)ccc4C)o3)c(=O)n2C1c1cc(OC)ccc1OC. The summed E-state index contributed by atoms with van der Waals surface area (Å²) in [4.78, 5) is 32.2. The number of allylic oxidation sites excluding steroid dienone is 1. The highest BCUT2D eigenvalue weighted by Crippen LogP contribution is 2.38. The number of furan rings is 1. The van der Waals surface area contributed by atoms with Crippen molar-refractivity contribution < 1.29 is 23.4 Å². The first-order valence-corrected chi connectivity index (χ1v) is 13.7. The number of aryl methyl sites for hydroxylation is 1. The van der Waals surface area contributed by atoms with E-state index in [1.54, 1.807) is 51.3 Å². The Morgan fingerprint density at radius 1 is 1.12 bits per heavy atom. The van der Waals surface area contributed by atoms with E-state index in [0.717, 1.165) is 11.1 Å². The highest BCUT2D eigenvalue weighted by Gasteiger charge is 2.35. The van der Waals surface area contributed by atoms with Crippen molar-refractivity contribution in [2.24, 2.45) is 4.99 Å². The molecule has 0 amide bonds. The highest BCUT2D eigenvalue weighted by molar-refractivity contribution is 7.07. The zero-order valence-corrected chi connectivity index (χ0v) is 24.2. The van der Waals surface area contributed by atoms with Crippen LogP contribution >= 0.6 is 22.9 Å². The Hall–Kier alpha value is -4.08. The third kappa shape index (κ3) is 4.98. The number of fused-ring (bicyclic) bond motifs is 1. The summed E-state index contributed by atoms with van der Waals surface area (Å²) in [6, 6.07) is 13.6. The maximum Gasteiger partial charge on any atom is 0.338 e. The molecule has 0 N–H and O–H groups in total. The van der Waals surface area contributed by atoms with E-state index in [4.69, 9.17) is 30.2 Å². The summed E-state index contributed by atoms with van der Waals surface area (Å²) in [6.07, 6.45) is 1.68. The van der Waals surface area contributed by atoms with E-state index in [9.17, 15) is 9.59 Å². The lowest BCUT2D eigenvalue weighted by molar-refractivity contribution is -0.139. The summed E-state index contributed by atoms with van der Waals surface area (Å²) < 4.78 is 24.4. The average molecular weight is 579 g/mol. The molecule has 3 heterocycles. The van der Waals surface area contributed by atoms with Crippen LogP contribution < -0.4 is 24.4 Å². The monoisotopic (exact) mass is 578 g/mol. The van der Waals surface area contributed by atoms with Gasteiger partial charge in [-0.15, -0.1) is 0 Å². The number of benzene rings is 2. The van der Waals surface area contributed by atoms with Gasteiger partial charge in [-0.1, -0.05) is 29.0 Å². The maximum atomic E-state index is 13.9. The van der Waals surface area contributed by atoms with Gasteiger partial charge in [-0.05, 0) is 68.8 Å². The van der Waals surface area contributed by atoms with Crippen molar-refractivity contribution in [1.82, 2.24) is 4.57 Å². The van der Waals surface area contributed by atoms with Gasteiger partial charge < -0.3 is 18.6 Å². The van der Waals surface area contributed by atoms with Crippen LogP contribution in [-0.4, -0.2) is 31.4 Å². The third-order valence-corrected chi connectivity index (χ3v) is 7.83. The number of esters is 1. The van der Waals surface area contributed by atoms with Crippen molar-refractivity contribution in [2.45, 2.75) is 26.8 Å². The molecule has 0 saturated carbocycles. The number of rotatable bonds is 7. The van der Waals surface area contributed by atoms with E-state index in [1.165, 1.54) is 23.0 Å². The molecule has 0 bridgehead atoms. The zero-order chi connectivity index (χ0) is 28.6. The molecule has 1 aliphatic heterocycles. The molecular formula is C30H27ClN2O6S. The molecule has 0 aliphatic carbocycles. The molecule has 1 atom stereocenters. The molecule has 1 unspecified atom stereocenters. The lowest BCUT2D eigenvalue weighted by Crippen LogP contribution is -2.40. The van der Waals surface area contributed by atoms with Gasteiger partial charge in [-0.2, -0.15) is 0 Å². The molecule has 206 valence electrons. The van der Waals surface area contributed by atoms with Gasteiger partial charge in [0, 0.05) is 22.2 Å². The molecule has 40 heavy (non-hydrogen) atoms. The minimum Gasteiger partial charge on any atom is -0.497 e. The maximum absolute atomic E-state index is 13.9. The molecule has 0 fully saturated rings. The first-order valence-electron chi connectivity index (χ1n) is 12.5. The minimum atomic E-state index is -0.844. The van der Waals surface area contributed by atoms with E-state index >= 15 is 0 Å². The predicted octanol–water partition coefficient (Wildman–Crippen LogP) is 5.04. The molecule has 8 nitrogen and oxygen atoms in total. The second-order valence-electron chi connectivity index (χ2n) is 9.07. The quantitative estimate of drug-likeness (QED) is 0.285. The topological polar surface area (TPSA) is 92.3 Å². The molecule has 0 spiro atoms. The van der Waals surface area contributed by atoms with Crippen molar-refractivity contribution >= 4 is 35.0 Å². The van der Waals surface area contributed by atoms with E-state index in [0.29, 0.717) is 48.6 Å². The van der Waals surface area contributed by atoms with Gasteiger partial charge in [0.05, 0.1) is 36.6 Å². The number of hydrogen-bond acceptors (Lipinski definition) is 8. The molecule has 10 heteroatoms. The van der Waals surface area contributed by atoms with Gasteiger partial charge in [-0.3, -0.25) is 9.36 Å². The number of nitrogens with zero attached hydrogens (tertiary/aromatic N) is 2. The first-order chi connectivity index (χ1) is 19.2. The van der Waals surface area contributed by atoms with Crippen LogP contribution in [0.4, 0.5) is 0 Å². The minimum absolute atomic E-state index is 0.176. The molecular weight excluding hydrogens is 552 g/mol. The van der Waals surface area contributed by atoms with Crippen LogP contribution in [0.1, 0.15) is 36.8 Å². The normalized spacial score (nSPS) is 15.1. The Balaban J connectivity index is 1.69. The molecule has 0 saturated heterocycles. The Labute approximate surface area is 239 Å². The van der Waals surface area contributed by atoms with E-state index < -0.39 is 12.0 Å². The van der Waals surface area contributed by atoms with Gasteiger partial charge in [0.15, 0.2) is 4.80 Å². The molecule has 5 rings (SSSR count). The predicted molar refractivity (Wildman–Crippen MR) is 154 cm³/mol. The summed E-state index contributed by atoms with van der Waals surface area (Å²) in [5.74, 6) is 1.62. The Bertz CT molecular complexity index is 1830. The highest BCUT2D eigenvalue weighted by atomic mass is 35.5. The van der Waals surface area contributed by atoms with Gasteiger partial charge in [0.1, 0.15) is 29.1 Å². The second kappa shape index (κ2) is 11.2. The number of thiazole rings is 1. The standard InChI is InChI=1S/C30H27ClN2O6S/c1-6-38-29(35)26-17(3)32-30-33(27(26)22-14-19(36-4)9-11-23(22)37-5)28(34)25(40-30)15-20-10-12-24(39-20)21-13-18(31)8-7-16(21)2/h7-15,27H,6H2,1-5H3. The molecule has 1 aliphatic rings. The van der Waals surface area contributed by atoms with Crippen LogP contribution in [0.15, 0.2) is 74.0 Å². The lowest BCUT2D eigenvalue weighted by atomic mass is 9.95. The second-order valence-corrected chi connectivity index (χ2v) is 10.5. The number of halogens is 1. The van der Waals surface area contributed by atoms with Gasteiger partial charge >= 0.3 is 5.97 Å². The largest absolute Gasteiger partial charge is 0.497 e. The van der Waals surface area contributed by atoms with Gasteiger partial charge in [0.2, 0.25) is 0 Å². The Morgan fingerprint density at radius 2 is 1.93 bits per heavy atom. The van der Waals surface area contributed by atoms with Crippen LogP contribution in [0.3, 0.4) is 0 Å². The average Bonchev–Trinajstić information content (AvgIpc) is 3.53.